The highest BCUT2D eigenvalue weighted by Gasteiger charge is 2.15. The molecule has 114 valence electrons. The van der Waals surface area contributed by atoms with E-state index >= 15 is 0 Å². The Labute approximate surface area is 128 Å². The lowest BCUT2D eigenvalue weighted by molar-refractivity contribution is 0.409. The molecule has 0 fully saturated rings. The van der Waals surface area contributed by atoms with Crippen molar-refractivity contribution in [1.29, 1.82) is 0 Å². The predicted octanol–water partition coefficient (Wildman–Crippen LogP) is 1.74. The van der Waals surface area contributed by atoms with Crippen LogP contribution in [0.15, 0.2) is 40.6 Å². The van der Waals surface area contributed by atoms with Gasteiger partial charge in [-0.05, 0) is 36.1 Å². The number of hydrogen-bond acceptors (Lipinski definition) is 5. The van der Waals surface area contributed by atoms with Gasteiger partial charge in [0.05, 0.1) is 12.0 Å². The van der Waals surface area contributed by atoms with Gasteiger partial charge in [0, 0.05) is 23.5 Å². The van der Waals surface area contributed by atoms with Gasteiger partial charge in [-0.1, -0.05) is 6.07 Å². The average Bonchev–Trinajstić information content (AvgIpc) is 2.99. The van der Waals surface area contributed by atoms with Crippen molar-refractivity contribution in [3.8, 4) is 5.75 Å². The number of rotatable bonds is 7. The summed E-state index contributed by atoms with van der Waals surface area (Å²) < 4.78 is 32.2. The Morgan fingerprint density at radius 3 is 2.76 bits per heavy atom. The van der Waals surface area contributed by atoms with Gasteiger partial charge < -0.3 is 10.5 Å². The molecule has 0 aliphatic rings. The van der Waals surface area contributed by atoms with Crippen LogP contribution in [0.1, 0.15) is 10.4 Å². The van der Waals surface area contributed by atoms with Gasteiger partial charge in [-0.2, -0.15) is 0 Å². The first-order chi connectivity index (χ1) is 10.1. The monoisotopic (exact) mass is 326 g/mol. The SMILES string of the molecule is COc1ccc(S(=O)(=O)NCCc2cccs2)cc1CN. The third-order valence-electron chi connectivity index (χ3n) is 3.03. The smallest absolute Gasteiger partial charge is 0.240 e. The molecule has 3 N–H and O–H groups in total. The van der Waals surface area contributed by atoms with Crippen LogP contribution in [0, 0.1) is 0 Å². The third-order valence-corrected chi connectivity index (χ3v) is 5.42. The number of nitrogens with two attached hydrogens (primary N) is 1. The molecule has 0 saturated carbocycles. The Kier molecular flexibility index (Phi) is 5.35. The Morgan fingerprint density at radius 1 is 1.33 bits per heavy atom. The molecule has 0 aliphatic carbocycles. The van der Waals surface area contributed by atoms with Crippen molar-refractivity contribution in [3.63, 3.8) is 0 Å². The molecule has 1 heterocycles. The van der Waals surface area contributed by atoms with Gasteiger partial charge in [0.15, 0.2) is 0 Å². The van der Waals surface area contributed by atoms with Crippen LogP contribution < -0.4 is 15.2 Å². The molecule has 1 aromatic heterocycles. The van der Waals surface area contributed by atoms with Crippen molar-refractivity contribution >= 4 is 21.4 Å². The van der Waals surface area contributed by atoms with Crippen LogP contribution >= 0.6 is 11.3 Å². The highest BCUT2D eigenvalue weighted by Crippen LogP contribution is 2.21. The second-order valence-electron chi connectivity index (χ2n) is 4.40. The zero-order chi connectivity index (χ0) is 15.3. The summed E-state index contributed by atoms with van der Waals surface area (Å²) in [5, 5.41) is 1.97. The lowest BCUT2D eigenvalue weighted by atomic mass is 10.2. The van der Waals surface area contributed by atoms with E-state index in [1.54, 1.807) is 23.5 Å². The first-order valence-corrected chi connectivity index (χ1v) is 8.82. The Bertz CT molecular complexity index is 682. The van der Waals surface area contributed by atoms with E-state index in [0.29, 0.717) is 24.3 Å². The fourth-order valence-electron chi connectivity index (χ4n) is 1.93. The summed E-state index contributed by atoms with van der Waals surface area (Å²) in [5.41, 5.74) is 6.27. The fourth-order valence-corrected chi connectivity index (χ4v) is 3.72. The molecule has 7 heteroatoms. The molecule has 0 unspecified atom stereocenters. The number of thiophene rings is 1. The van der Waals surface area contributed by atoms with Gasteiger partial charge in [-0.15, -0.1) is 11.3 Å². The zero-order valence-corrected chi connectivity index (χ0v) is 13.3. The van der Waals surface area contributed by atoms with Crippen molar-refractivity contribution < 1.29 is 13.2 Å². The summed E-state index contributed by atoms with van der Waals surface area (Å²) in [4.78, 5) is 1.35. The minimum absolute atomic E-state index is 0.204. The van der Waals surface area contributed by atoms with Gasteiger partial charge >= 0.3 is 0 Å². The minimum atomic E-state index is -3.53. The van der Waals surface area contributed by atoms with Crippen LogP contribution in [0.3, 0.4) is 0 Å². The molecule has 2 rings (SSSR count). The number of benzene rings is 1. The van der Waals surface area contributed by atoms with Crippen molar-refractivity contribution in [2.75, 3.05) is 13.7 Å². The van der Waals surface area contributed by atoms with Gasteiger partial charge in [-0.3, -0.25) is 0 Å². The van der Waals surface area contributed by atoms with Crippen LogP contribution in [0.2, 0.25) is 0 Å². The van der Waals surface area contributed by atoms with Gasteiger partial charge in [-0.25, -0.2) is 13.1 Å². The maximum Gasteiger partial charge on any atom is 0.240 e. The van der Waals surface area contributed by atoms with Crippen LogP contribution in [0.5, 0.6) is 5.75 Å². The van der Waals surface area contributed by atoms with Gasteiger partial charge in [0.2, 0.25) is 10.0 Å². The topological polar surface area (TPSA) is 81.4 Å². The van der Waals surface area contributed by atoms with E-state index in [0.717, 1.165) is 4.88 Å². The molecule has 0 atom stereocenters. The number of nitrogens with one attached hydrogen (secondary N) is 1. The second-order valence-corrected chi connectivity index (χ2v) is 7.20. The second kappa shape index (κ2) is 7.04. The summed E-state index contributed by atoms with van der Waals surface area (Å²) in [6, 6.07) is 8.62. The molecule has 0 spiro atoms. The Morgan fingerprint density at radius 2 is 2.14 bits per heavy atom. The molecule has 0 saturated heterocycles. The Hall–Kier alpha value is -1.41. The van der Waals surface area contributed by atoms with E-state index in [1.165, 1.54) is 13.2 Å². The van der Waals surface area contributed by atoms with Crippen molar-refractivity contribution in [3.05, 3.63) is 46.2 Å². The molecule has 1 aromatic carbocycles. The van der Waals surface area contributed by atoms with Crippen LogP contribution in [0.4, 0.5) is 0 Å². The van der Waals surface area contributed by atoms with E-state index in [-0.39, 0.29) is 11.4 Å². The van der Waals surface area contributed by atoms with Crippen LogP contribution in [-0.2, 0) is 23.0 Å². The highest BCUT2D eigenvalue weighted by atomic mass is 32.2. The molecular weight excluding hydrogens is 308 g/mol. The fraction of sp³-hybridized carbons (Fsp3) is 0.286. The number of methoxy groups -OCH3 is 1. The predicted molar refractivity (Wildman–Crippen MR) is 84.1 cm³/mol. The third kappa shape index (κ3) is 4.04. The van der Waals surface area contributed by atoms with E-state index in [1.807, 2.05) is 17.5 Å². The molecule has 0 bridgehead atoms. The first-order valence-electron chi connectivity index (χ1n) is 6.46. The molecule has 21 heavy (non-hydrogen) atoms. The standard InChI is InChI=1S/C14H18N2O3S2/c1-19-14-5-4-13(9-11(14)10-15)21(17,18)16-7-6-12-3-2-8-20-12/h2-5,8-9,16H,6-7,10,15H2,1H3. The highest BCUT2D eigenvalue weighted by molar-refractivity contribution is 7.89. The molecule has 0 radical (unpaired) electrons. The van der Waals surface area contributed by atoms with Crippen molar-refractivity contribution in [1.82, 2.24) is 4.72 Å². The van der Waals surface area contributed by atoms with E-state index in [2.05, 4.69) is 4.72 Å². The summed E-state index contributed by atoms with van der Waals surface area (Å²) in [7, 11) is -2.00. The van der Waals surface area contributed by atoms with Gasteiger partial charge in [0.25, 0.3) is 0 Å². The Balaban J connectivity index is 2.08. The van der Waals surface area contributed by atoms with Crippen LogP contribution in [0.25, 0.3) is 0 Å². The molecule has 0 aliphatic heterocycles. The maximum atomic E-state index is 12.2. The number of sulfonamides is 1. The molecular formula is C14H18N2O3S2. The zero-order valence-electron chi connectivity index (χ0n) is 11.7. The van der Waals surface area contributed by atoms with Crippen LogP contribution in [-0.4, -0.2) is 22.1 Å². The minimum Gasteiger partial charge on any atom is -0.496 e. The lowest BCUT2D eigenvalue weighted by Crippen LogP contribution is -2.26. The maximum absolute atomic E-state index is 12.2. The van der Waals surface area contributed by atoms with Crippen molar-refractivity contribution in [2.45, 2.75) is 17.9 Å². The first kappa shape index (κ1) is 16.0. The average molecular weight is 326 g/mol. The lowest BCUT2D eigenvalue weighted by Gasteiger charge is -2.10. The number of hydrogen-bond donors (Lipinski definition) is 2. The quantitative estimate of drug-likeness (QED) is 0.812. The summed E-state index contributed by atoms with van der Waals surface area (Å²) in [6.07, 6.45) is 0.677. The molecule has 0 amide bonds. The summed E-state index contributed by atoms with van der Waals surface area (Å²) >= 11 is 1.61. The molecule has 5 nitrogen and oxygen atoms in total. The summed E-state index contributed by atoms with van der Waals surface area (Å²) in [6.45, 7) is 0.592. The summed E-state index contributed by atoms with van der Waals surface area (Å²) in [5.74, 6) is 0.593. The number of ether oxygens (including phenoxy) is 1. The molecule has 2 aromatic rings. The van der Waals surface area contributed by atoms with Crippen molar-refractivity contribution in [2.24, 2.45) is 5.73 Å². The largest absolute Gasteiger partial charge is 0.496 e. The van der Waals surface area contributed by atoms with E-state index in [4.69, 9.17) is 10.5 Å². The van der Waals surface area contributed by atoms with E-state index in [9.17, 15) is 8.42 Å². The van der Waals surface area contributed by atoms with E-state index < -0.39 is 10.0 Å². The normalized spacial score (nSPS) is 11.5. The van der Waals surface area contributed by atoms with Gasteiger partial charge in [0.1, 0.15) is 5.75 Å².